The van der Waals surface area contributed by atoms with E-state index in [9.17, 15) is 18.0 Å². The molecule has 0 aliphatic rings. The van der Waals surface area contributed by atoms with E-state index in [2.05, 4.69) is 5.32 Å². The van der Waals surface area contributed by atoms with E-state index in [1.807, 2.05) is 45.0 Å². The van der Waals surface area contributed by atoms with E-state index >= 15 is 0 Å². The zero-order valence-electron chi connectivity index (χ0n) is 22.1. The van der Waals surface area contributed by atoms with Gasteiger partial charge in [0.15, 0.2) is 0 Å². The third-order valence-corrected chi connectivity index (χ3v) is 8.47. The minimum Gasteiger partial charge on any atom is -0.355 e. The van der Waals surface area contributed by atoms with Crippen LogP contribution in [0.2, 0.25) is 5.02 Å². The summed E-state index contributed by atoms with van der Waals surface area (Å²) in [5.74, 6) is -0.782. The zero-order chi connectivity index (χ0) is 27.9. The average molecular weight is 556 g/mol. The average Bonchev–Trinajstić information content (AvgIpc) is 2.89. The second-order valence-electron chi connectivity index (χ2n) is 9.04. The van der Waals surface area contributed by atoms with Gasteiger partial charge in [-0.3, -0.25) is 13.9 Å². The highest BCUT2D eigenvalue weighted by atomic mass is 35.5. The Balaban J connectivity index is 2.10. The number of likely N-dealkylation sites (N-methyl/N-ethyl adjacent to an activating group) is 1. The lowest BCUT2D eigenvalue weighted by atomic mass is 10.1. The number of anilines is 1. The molecule has 0 unspecified atom stereocenters. The standard InChI is InChI=1S/C29H34ClN3O4S/c1-5-26(29(35)31-6-2)32(19-23-13-10-12-21(3)18-23)28(34)20-33(27-17-11-16-25(30)22(27)4)38(36,37)24-14-8-7-9-15-24/h7-18,26H,5-6,19-20H2,1-4H3,(H,31,35)/t26-/m1/s1. The molecule has 3 rings (SSSR count). The first kappa shape index (κ1) is 29.2. The molecule has 0 saturated heterocycles. The van der Waals surface area contributed by atoms with Gasteiger partial charge in [-0.15, -0.1) is 0 Å². The highest BCUT2D eigenvalue weighted by Crippen LogP contribution is 2.31. The highest BCUT2D eigenvalue weighted by molar-refractivity contribution is 7.92. The van der Waals surface area contributed by atoms with Crippen LogP contribution in [-0.2, 0) is 26.2 Å². The molecule has 0 spiro atoms. The van der Waals surface area contributed by atoms with E-state index in [0.717, 1.165) is 15.4 Å². The van der Waals surface area contributed by atoms with Crippen LogP contribution in [0.1, 0.15) is 37.0 Å². The molecule has 0 bridgehead atoms. The topological polar surface area (TPSA) is 86.8 Å². The van der Waals surface area contributed by atoms with E-state index in [1.165, 1.54) is 17.0 Å². The van der Waals surface area contributed by atoms with Crippen molar-refractivity contribution in [2.45, 2.75) is 51.6 Å². The number of aryl methyl sites for hydroxylation is 1. The molecule has 1 atom stereocenters. The van der Waals surface area contributed by atoms with E-state index in [1.54, 1.807) is 43.3 Å². The van der Waals surface area contributed by atoms with E-state index in [0.29, 0.717) is 29.2 Å². The predicted octanol–water partition coefficient (Wildman–Crippen LogP) is 5.10. The molecule has 0 aliphatic heterocycles. The first-order chi connectivity index (χ1) is 18.1. The smallest absolute Gasteiger partial charge is 0.264 e. The van der Waals surface area contributed by atoms with Gasteiger partial charge < -0.3 is 10.2 Å². The lowest BCUT2D eigenvalue weighted by molar-refractivity contribution is -0.140. The minimum atomic E-state index is -4.14. The molecule has 0 fully saturated rings. The fraction of sp³-hybridized carbons (Fsp3) is 0.310. The zero-order valence-corrected chi connectivity index (χ0v) is 23.7. The second-order valence-corrected chi connectivity index (χ2v) is 11.3. The molecule has 0 aromatic heterocycles. The lowest BCUT2D eigenvalue weighted by Crippen LogP contribution is -2.52. The Labute approximate surface area is 230 Å². The number of benzene rings is 3. The Morgan fingerprint density at radius 2 is 1.63 bits per heavy atom. The van der Waals surface area contributed by atoms with Gasteiger partial charge in [-0.2, -0.15) is 0 Å². The van der Waals surface area contributed by atoms with Crippen molar-refractivity contribution < 1.29 is 18.0 Å². The fourth-order valence-corrected chi connectivity index (χ4v) is 5.98. The van der Waals surface area contributed by atoms with Crippen LogP contribution in [-0.4, -0.2) is 44.3 Å². The van der Waals surface area contributed by atoms with Crippen molar-refractivity contribution in [1.82, 2.24) is 10.2 Å². The number of hydrogen-bond acceptors (Lipinski definition) is 4. The van der Waals surface area contributed by atoms with E-state index < -0.39 is 28.5 Å². The Morgan fingerprint density at radius 3 is 2.26 bits per heavy atom. The van der Waals surface area contributed by atoms with Gasteiger partial charge in [0.05, 0.1) is 10.6 Å². The molecule has 0 aliphatic carbocycles. The van der Waals surface area contributed by atoms with Crippen LogP contribution < -0.4 is 9.62 Å². The van der Waals surface area contributed by atoms with Gasteiger partial charge >= 0.3 is 0 Å². The number of carbonyl (C=O) groups excluding carboxylic acids is 2. The van der Waals surface area contributed by atoms with Crippen LogP contribution in [0.4, 0.5) is 5.69 Å². The summed E-state index contributed by atoms with van der Waals surface area (Å²) in [4.78, 5) is 28.5. The minimum absolute atomic E-state index is 0.0492. The molecule has 9 heteroatoms. The molecule has 202 valence electrons. The monoisotopic (exact) mass is 555 g/mol. The lowest BCUT2D eigenvalue weighted by Gasteiger charge is -2.33. The molecule has 38 heavy (non-hydrogen) atoms. The molecule has 1 N–H and O–H groups in total. The van der Waals surface area contributed by atoms with Crippen LogP contribution in [0.25, 0.3) is 0 Å². The first-order valence-electron chi connectivity index (χ1n) is 12.6. The number of nitrogens with zero attached hydrogens (tertiary/aromatic N) is 2. The highest BCUT2D eigenvalue weighted by Gasteiger charge is 2.34. The Hall–Kier alpha value is -3.36. The van der Waals surface area contributed by atoms with Crippen molar-refractivity contribution in [3.8, 4) is 0 Å². The van der Waals surface area contributed by atoms with Crippen LogP contribution in [0.3, 0.4) is 0 Å². The SMILES string of the molecule is CCNC(=O)[C@@H](CC)N(Cc1cccc(C)c1)C(=O)CN(c1cccc(Cl)c1C)S(=O)(=O)c1ccccc1. The number of hydrogen-bond donors (Lipinski definition) is 1. The number of sulfonamides is 1. The summed E-state index contributed by atoms with van der Waals surface area (Å²) in [6, 6.07) is 19.8. The summed E-state index contributed by atoms with van der Waals surface area (Å²) >= 11 is 6.35. The Bertz CT molecular complexity index is 1380. The second kappa shape index (κ2) is 12.9. The van der Waals surface area contributed by atoms with Crippen molar-refractivity contribution in [3.63, 3.8) is 0 Å². The van der Waals surface area contributed by atoms with Crippen LogP contribution in [0, 0.1) is 13.8 Å². The van der Waals surface area contributed by atoms with E-state index in [-0.39, 0.29) is 17.3 Å². The van der Waals surface area contributed by atoms with Crippen LogP contribution in [0.5, 0.6) is 0 Å². The van der Waals surface area contributed by atoms with Gasteiger partial charge in [-0.25, -0.2) is 8.42 Å². The number of amides is 2. The van der Waals surface area contributed by atoms with Gasteiger partial charge in [-0.1, -0.05) is 72.6 Å². The third kappa shape index (κ3) is 6.74. The van der Waals surface area contributed by atoms with Crippen molar-refractivity contribution in [3.05, 3.63) is 94.5 Å². The molecular weight excluding hydrogens is 522 g/mol. The molecule has 0 heterocycles. The molecule has 3 aromatic carbocycles. The summed E-state index contributed by atoms with van der Waals surface area (Å²) in [5.41, 5.74) is 2.69. The van der Waals surface area contributed by atoms with Gasteiger partial charge in [0.1, 0.15) is 12.6 Å². The number of halogens is 1. The van der Waals surface area contributed by atoms with Gasteiger partial charge in [0.25, 0.3) is 10.0 Å². The number of rotatable bonds is 11. The maximum atomic E-state index is 14.0. The van der Waals surface area contributed by atoms with Crippen molar-refractivity contribution in [1.29, 1.82) is 0 Å². The number of carbonyl (C=O) groups is 2. The Kier molecular flexibility index (Phi) is 9.94. The summed E-state index contributed by atoms with van der Waals surface area (Å²) < 4.78 is 28.8. The van der Waals surface area contributed by atoms with Crippen molar-refractivity contribution in [2.24, 2.45) is 0 Å². The van der Waals surface area contributed by atoms with Crippen molar-refractivity contribution >= 4 is 39.1 Å². The van der Waals surface area contributed by atoms with Crippen LogP contribution >= 0.6 is 11.6 Å². The fourth-order valence-electron chi connectivity index (χ4n) is 4.32. The van der Waals surface area contributed by atoms with Gasteiger partial charge in [0, 0.05) is 18.1 Å². The van der Waals surface area contributed by atoms with Gasteiger partial charge in [-0.05, 0) is 62.6 Å². The largest absolute Gasteiger partial charge is 0.355 e. The van der Waals surface area contributed by atoms with Gasteiger partial charge in [0.2, 0.25) is 11.8 Å². The molecular formula is C29H34ClN3O4S. The number of nitrogens with one attached hydrogen (secondary N) is 1. The maximum Gasteiger partial charge on any atom is 0.264 e. The summed E-state index contributed by atoms with van der Waals surface area (Å²) in [6.45, 7) is 7.38. The quantitative estimate of drug-likeness (QED) is 0.357. The van der Waals surface area contributed by atoms with Crippen LogP contribution in [0.15, 0.2) is 77.7 Å². The molecule has 2 amide bonds. The maximum absolute atomic E-state index is 14.0. The summed E-state index contributed by atoms with van der Waals surface area (Å²) in [6.07, 6.45) is 0.366. The predicted molar refractivity (Wildman–Crippen MR) is 152 cm³/mol. The molecule has 0 radical (unpaired) electrons. The summed E-state index contributed by atoms with van der Waals surface area (Å²) in [7, 11) is -4.14. The molecule has 3 aromatic rings. The molecule has 0 saturated carbocycles. The Morgan fingerprint density at radius 1 is 0.947 bits per heavy atom. The van der Waals surface area contributed by atoms with E-state index in [4.69, 9.17) is 11.6 Å². The first-order valence-corrected chi connectivity index (χ1v) is 14.4. The summed E-state index contributed by atoms with van der Waals surface area (Å²) in [5, 5.41) is 3.19. The third-order valence-electron chi connectivity index (χ3n) is 6.29. The van der Waals surface area contributed by atoms with Crippen molar-refractivity contribution in [2.75, 3.05) is 17.4 Å². The normalized spacial score (nSPS) is 12.0. The molecule has 7 nitrogen and oxygen atoms in total.